The zero-order valence-electron chi connectivity index (χ0n) is 32.1. The molecule has 0 aliphatic carbocycles. The molecule has 0 saturated carbocycles. The molecule has 9 atom stereocenters. The first-order valence-electron chi connectivity index (χ1n) is 18.1. The highest BCUT2D eigenvalue weighted by atomic mass is 27.0. The molecule has 2 rings (SSSR count). The van der Waals surface area contributed by atoms with Crippen LogP contribution in [0.4, 0.5) is 0 Å². The Bertz CT molecular complexity index is 1210. The molecule has 2 aliphatic rings. The zero-order chi connectivity index (χ0) is 39.4. The van der Waals surface area contributed by atoms with E-state index in [9.17, 15) is 35.4 Å². The molecular weight excluding hydrogens is 703 g/mol. The summed E-state index contributed by atoms with van der Waals surface area (Å²) in [4.78, 5) is 11.9. The highest BCUT2D eigenvalue weighted by Gasteiger charge is 2.58. The van der Waals surface area contributed by atoms with Gasteiger partial charge in [0.1, 0.15) is 55.9 Å². The van der Waals surface area contributed by atoms with E-state index in [-0.39, 0.29) is 23.3 Å². The van der Waals surface area contributed by atoms with Crippen molar-refractivity contribution in [2.24, 2.45) is 0 Å². The molecule has 0 aromatic carbocycles. The predicted octanol–water partition coefficient (Wildman–Crippen LogP) is 1.84. The van der Waals surface area contributed by atoms with Gasteiger partial charge in [-0.2, -0.15) is 0 Å². The van der Waals surface area contributed by atoms with Crippen molar-refractivity contribution < 1.29 is 64.6 Å². The molecule has 0 spiro atoms. The topological polar surface area (TPSA) is 216 Å². The summed E-state index contributed by atoms with van der Waals surface area (Å²) in [6, 6.07) is 0. The van der Waals surface area contributed by atoms with Crippen molar-refractivity contribution in [2.75, 3.05) is 26.4 Å². The highest BCUT2D eigenvalue weighted by Crippen LogP contribution is 2.36. The van der Waals surface area contributed by atoms with E-state index < -0.39 is 74.6 Å². The van der Waals surface area contributed by atoms with Gasteiger partial charge in [-0.05, 0) is 99.5 Å². The Morgan fingerprint density at radius 1 is 0.623 bits per heavy atom. The minimum atomic E-state index is -2.22. The third kappa shape index (κ3) is 18.6. The van der Waals surface area contributed by atoms with E-state index >= 15 is 0 Å². The van der Waals surface area contributed by atoms with Gasteiger partial charge in [-0.1, -0.05) is 52.2 Å². The van der Waals surface area contributed by atoms with Crippen molar-refractivity contribution in [3.63, 3.8) is 0 Å². The lowest BCUT2D eigenvalue weighted by molar-refractivity contribution is -0.383. The second kappa shape index (κ2) is 27.0. The molecule has 0 radical (unpaired) electrons. The summed E-state index contributed by atoms with van der Waals surface area (Å²) >= 11 is 0. The number of rotatable bonds is 19. The Morgan fingerprint density at radius 3 is 1.55 bits per heavy atom. The quantitative estimate of drug-likeness (QED) is 0.0535. The van der Waals surface area contributed by atoms with E-state index in [1.54, 1.807) is 0 Å². The lowest BCUT2D eigenvalue weighted by atomic mass is 9.99. The second-order valence-electron chi connectivity index (χ2n) is 14.1. The second-order valence-corrected chi connectivity index (χ2v) is 14.1. The average molecular weight is 773 g/mol. The van der Waals surface area contributed by atoms with Crippen LogP contribution in [0, 0.1) is 0 Å². The number of esters is 1. The molecule has 8 N–H and O–H groups in total. The average Bonchev–Trinajstić information content (AvgIpc) is 3.33. The van der Waals surface area contributed by atoms with Crippen molar-refractivity contribution in [1.82, 2.24) is 0 Å². The van der Waals surface area contributed by atoms with Crippen molar-refractivity contribution in [2.45, 2.75) is 155 Å². The normalized spacial score (nSPS) is 29.1. The van der Waals surface area contributed by atoms with Crippen LogP contribution in [0.25, 0.3) is 0 Å². The Balaban J connectivity index is 0.00000102. The SMILES string of the molecule is CC(C)=CCC/C(C)=C/CC/C(C)=C/CCC(=O)OC/C=C(\C)CCC=C(C)C.OC[C@H]1O[C@@](CO)(O[C@H]2O[C@H](CO)[C@@H](O)[C@H](O)[C@H]2O)[C@@H](O)[C@@H]1O.[AlH3]. The number of allylic oxidation sites excluding steroid dienone is 9. The lowest BCUT2D eigenvalue weighted by Gasteiger charge is -2.43. The summed E-state index contributed by atoms with van der Waals surface area (Å²) in [5.74, 6) is -2.34. The van der Waals surface area contributed by atoms with Crippen molar-refractivity contribution in [3.8, 4) is 0 Å². The minimum absolute atomic E-state index is 0. The standard InChI is InChI=1S/C27H44O2.C12H22O11.Al.3H/c1-22(2)12-8-14-24(5)16-10-17-25(6)18-11-19-27(28)29-21-20-26(7)15-9-13-23(3)4;13-1-4-6(16)8(18)9(19)11(21-4)23-12(3-15)10(20)7(17)5(2-14)22-12;;;;/h12-13,16,18,20H,8-11,14-15,17,19,21H2,1-7H3;4-11,13-20H,1-3H2;;;;/b24-16+,25-18+,26-20+;;;;;/t;4-,5-,6-,7-,8+,9-,10+,11-,12+;;;;/m.1..../s1. The number of hydrogen-bond donors (Lipinski definition) is 8. The first-order chi connectivity index (χ1) is 24.5. The maximum Gasteiger partial charge on any atom is 0.306 e. The largest absolute Gasteiger partial charge is 0.461 e. The van der Waals surface area contributed by atoms with Crippen LogP contribution in [0.15, 0.2) is 58.2 Å². The Hall–Kier alpha value is -1.74. The van der Waals surface area contributed by atoms with Gasteiger partial charge < -0.3 is 59.8 Å². The fourth-order valence-electron chi connectivity index (χ4n) is 5.45. The zero-order valence-corrected chi connectivity index (χ0v) is 32.1. The van der Waals surface area contributed by atoms with Crippen LogP contribution in [0.3, 0.4) is 0 Å². The Labute approximate surface area is 326 Å². The molecular formula is C39H69AlO13. The van der Waals surface area contributed by atoms with Crippen LogP contribution in [-0.4, -0.2) is 145 Å². The molecule has 53 heavy (non-hydrogen) atoms. The summed E-state index contributed by atoms with van der Waals surface area (Å²) in [6.07, 6.45) is 6.11. The van der Waals surface area contributed by atoms with Crippen molar-refractivity contribution >= 4 is 23.3 Å². The molecule has 0 bridgehead atoms. The van der Waals surface area contributed by atoms with Crippen molar-refractivity contribution in [3.05, 3.63) is 58.2 Å². The van der Waals surface area contributed by atoms with E-state index in [4.69, 9.17) is 29.2 Å². The number of ether oxygens (including phenoxy) is 4. The van der Waals surface area contributed by atoms with Crippen LogP contribution in [-0.2, 0) is 23.7 Å². The molecule has 2 heterocycles. The summed E-state index contributed by atoms with van der Waals surface area (Å²) < 4.78 is 20.8. The smallest absolute Gasteiger partial charge is 0.306 e. The Kier molecular flexibility index (Phi) is 26.1. The van der Waals surface area contributed by atoms with Gasteiger partial charge >= 0.3 is 5.97 Å². The van der Waals surface area contributed by atoms with Gasteiger partial charge in [-0.15, -0.1) is 0 Å². The summed E-state index contributed by atoms with van der Waals surface area (Å²) in [7, 11) is 0. The molecule has 0 aromatic heterocycles. The van der Waals surface area contributed by atoms with Gasteiger partial charge in [0.2, 0.25) is 5.79 Å². The first kappa shape index (κ1) is 51.3. The Morgan fingerprint density at radius 2 is 1.09 bits per heavy atom. The van der Waals surface area contributed by atoms with Crippen LogP contribution >= 0.6 is 0 Å². The van der Waals surface area contributed by atoms with E-state index in [0.29, 0.717) is 13.0 Å². The van der Waals surface area contributed by atoms with E-state index in [0.717, 1.165) is 44.9 Å². The lowest BCUT2D eigenvalue weighted by Crippen LogP contribution is -2.62. The van der Waals surface area contributed by atoms with Crippen LogP contribution in [0.5, 0.6) is 0 Å². The molecule has 13 nitrogen and oxygen atoms in total. The number of carbonyl (C=O) groups excluding carboxylic acids is 1. The third-order valence-corrected chi connectivity index (χ3v) is 8.80. The fourth-order valence-corrected chi connectivity index (χ4v) is 5.45. The number of aliphatic hydroxyl groups is 8. The summed E-state index contributed by atoms with van der Waals surface area (Å²) in [6.45, 7) is 13.0. The third-order valence-electron chi connectivity index (χ3n) is 8.80. The van der Waals surface area contributed by atoms with E-state index in [2.05, 4.69) is 72.8 Å². The fraction of sp³-hybridized carbons (Fsp3) is 0.718. The molecule has 0 unspecified atom stereocenters. The first-order valence-corrected chi connectivity index (χ1v) is 18.1. The van der Waals surface area contributed by atoms with E-state index in [1.165, 1.54) is 27.9 Å². The van der Waals surface area contributed by atoms with Gasteiger partial charge in [0.15, 0.2) is 23.7 Å². The van der Waals surface area contributed by atoms with Gasteiger partial charge in [0, 0.05) is 6.42 Å². The van der Waals surface area contributed by atoms with Gasteiger partial charge in [-0.25, -0.2) is 0 Å². The van der Waals surface area contributed by atoms with Gasteiger partial charge in [0.25, 0.3) is 0 Å². The molecule has 0 amide bonds. The number of carbonyl (C=O) groups is 1. The maximum atomic E-state index is 11.9. The summed E-state index contributed by atoms with van der Waals surface area (Å²) in [5, 5.41) is 76.7. The van der Waals surface area contributed by atoms with Gasteiger partial charge in [-0.3, -0.25) is 4.79 Å². The van der Waals surface area contributed by atoms with Crippen molar-refractivity contribution in [1.29, 1.82) is 0 Å². The summed E-state index contributed by atoms with van der Waals surface area (Å²) in [5.41, 5.74) is 6.82. The minimum Gasteiger partial charge on any atom is -0.461 e. The molecule has 0 aromatic rings. The molecule has 2 saturated heterocycles. The number of hydrogen-bond acceptors (Lipinski definition) is 13. The predicted molar refractivity (Wildman–Crippen MR) is 207 cm³/mol. The molecule has 2 aliphatic heterocycles. The highest BCUT2D eigenvalue weighted by molar-refractivity contribution is 5.75. The maximum absolute atomic E-state index is 11.9. The van der Waals surface area contributed by atoms with Gasteiger partial charge in [0.05, 0.1) is 13.2 Å². The van der Waals surface area contributed by atoms with Crippen LogP contribution in [0.1, 0.15) is 99.8 Å². The molecule has 14 heteroatoms. The number of aliphatic hydroxyl groups excluding tert-OH is 8. The monoisotopic (exact) mass is 772 g/mol. The van der Waals surface area contributed by atoms with Crippen LogP contribution in [0.2, 0.25) is 0 Å². The molecule has 306 valence electrons. The van der Waals surface area contributed by atoms with E-state index in [1.807, 2.05) is 6.08 Å². The molecule has 2 fully saturated rings. The van der Waals surface area contributed by atoms with Crippen LogP contribution < -0.4 is 0 Å².